The second-order valence-electron chi connectivity index (χ2n) is 6.15. The molecular formula is C19H18BrN3OS2. The summed E-state index contributed by atoms with van der Waals surface area (Å²) in [6, 6.07) is 12.3. The summed E-state index contributed by atoms with van der Waals surface area (Å²) < 4.78 is 2.31. The molecule has 0 atom stereocenters. The topological polar surface area (TPSA) is 36.4 Å². The van der Waals surface area contributed by atoms with Crippen LogP contribution in [0.4, 0.5) is 0 Å². The normalized spacial score (nSPS) is 16.0. The summed E-state index contributed by atoms with van der Waals surface area (Å²) in [5, 5.41) is 1.15. The molecule has 1 amide bonds. The van der Waals surface area contributed by atoms with Gasteiger partial charge in [0.15, 0.2) is 0 Å². The van der Waals surface area contributed by atoms with Crippen molar-refractivity contribution >= 4 is 60.8 Å². The molecule has 0 spiro atoms. The van der Waals surface area contributed by atoms with Crippen molar-refractivity contribution in [1.29, 1.82) is 0 Å². The van der Waals surface area contributed by atoms with E-state index in [1.165, 1.54) is 4.70 Å². The van der Waals surface area contributed by atoms with Gasteiger partial charge in [-0.05, 0) is 46.3 Å². The van der Waals surface area contributed by atoms with Gasteiger partial charge in [0.25, 0.3) is 0 Å². The Kier molecular flexibility index (Phi) is 5.49. The Morgan fingerprint density at radius 1 is 1.12 bits per heavy atom. The van der Waals surface area contributed by atoms with E-state index in [0.717, 1.165) is 51.9 Å². The number of nitrogens with zero attached hydrogens (tertiary/aromatic N) is 3. The first kappa shape index (κ1) is 17.9. The molecule has 1 aliphatic rings. The van der Waals surface area contributed by atoms with Crippen LogP contribution in [0.15, 0.2) is 46.3 Å². The number of thiophene rings is 1. The van der Waals surface area contributed by atoms with Crippen LogP contribution in [-0.2, 0) is 11.3 Å². The van der Waals surface area contributed by atoms with Crippen molar-refractivity contribution in [3.63, 3.8) is 0 Å². The van der Waals surface area contributed by atoms with Crippen molar-refractivity contribution in [2.24, 2.45) is 0 Å². The zero-order chi connectivity index (χ0) is 17.9. The van der Waals surface area contributed by atoms with Gasteiger partial charge in [0.1, 0.15) is 5.01 Å². The quantitative estimate of drug-likeness (QED) is 0.553. The number of fused-ring (bicyclic) bond motifs is 1. The number of piperazine rings is 1. The summed E-state index contributed by atoms with van der Waals surface area (Å²) in [5.41, 5.74) is 1.08. The second-order valence-corrected chi connectivity index (χ2v) is 9.76. The SMILES string of the molecule is O=C(C=Cc1ccc(Br)s1)N1CCN(Cc2nc3ccccc3s2)CC1. The molecule has 1 fully saturated rings. The van der Waals surface area contributed by atoms with Crippen LogP contribution >= 0.6 is 38.6 Å². The molecule has 0 aliphatic carbocycles. The summed E-state index contributed by atoms with van der Waals surface area (Å²) in [6.07, 6.45) is 3.58. The standard InChI is InChI=1S/C19H18BrN3OS2/c20-17-7-5-14(25-17)6-8-19(24)23-11-9-22(10-12-23)13-18-21-15-3-1-2-4-16(15)26-18/h1-8H,9-13H2. The number of amides is 1. The van der Waals surface area contributed by atoms with Crippen molar-refractivity contribution < 1.29 is 4.79 Å². The number of para-hydroxylation sites is 1. The van der Waals surface area contributed by atoms with E-state index in [0.29, 0.717) is 0 Å². The van der Waals surface area contributed by atoms with Gasteiger partial charge in [-0.1, -0.05) is 12.1 Å². The summed E-state index contributed by atoms with van der Waals surface area (Å²) in [4.78, 5) is 22.5. The first-order valence-electron chi connectivity index (χ1n) is 8.46. The Morgan fingerprint density at radius 2 is 1.92 bits per heavy atom. The van der Waals surface area contributed by atoms with Gasteiger partial charge < -0.3 is 4.90 Å². The van der Waals surface area contributed by atoms with E-state index in [1.54, 1.807) is 28.7 Å². The molecule has 4 rings (SSSR count). The first-order chi connectivity index (χ1) is 12.7. The van der Waals surface area contributed by atoms with E-state index in [2.05, 4.69) is 39.0 Å². The lowest BCUT2D eigenvalue weighted by Crippen LogP contribution is -2.47. The number of aromatic nitrogens is 1. The molecule has 1 aromatic carbocycles. The maximum Gasteiger partial charge on any atom is 0.246 e. The fraction of sp³-hybridized carbons (Fsp3) is 0.263. The fourth-order valence-electron chi connectivity index (χ4n) is 2.98. The molecule has 26 heavy (non-hydrogen) atoms. The molecule has 4 nitrogen and oxygen atoms in total. The highest BCUT2D eigenvalue weighted by Gasteiger charge is 2.20. The number of hydrogen-bond donors (Lipinski definition) is 0. The molecule has 1 saturated heterocycles. The van der Waals surface area contributed by atoms with Gasteiger partial charge in [0.2, 0.25) is 5.91 Å². The highest BCUT2D eigenvalue weighted by molar-refractivity contribution is 9.11. The molecule has 7 heteroatoms. The zero-order valence-electron chi connectivity index (χ0n) is 14.1. The summed E-state index contributed by atoms with van der Waals surface area (Å²) in [7, 11) is 0. The van der Waals surface area contributed by atoms with E-state index >= 15 is 0 Å². The minimum Gasteiger partial charge on any atom is -0.337 e. The molecule has 0 radical (unpaired) electrons. The average molecular weight is 448 g/mol. The van der Waals surface area contributed by atoms with E-state index in [-0.39, 0.29) is 5.91 Å². The Labute approximate surface area is 168 Å². The van der Waals surface area contributed by atoms with Crippen molar-refractivity contribution in [2.75, 3.05) is 26.2 Å². The van der Waals surface area contributed by atoms with Crippen molar-refractivity contribution in [3.8, 4) is 0 Å². The maximum atomic E-state index is 12.4. The number of carbonyl (C=O) groups is 1. The first-order valence-corrected chi connectivity index (χ1v) is 10.9. The minimum atomic E-state index is 0.0918. The molecule has 134 valence electrons. The van der Waals surface area contributed by atoms with Crippen LogP contribution in [0.1, 0.15) is 9.88 Å². The molecule has 3 aromatic rings. The molecule has 1 aliphatic heterocycles. The summed E-state index contributed by atoms with van der Waals surface area (Å²) >= 11 is 6.82. The second kappa shape index (κ2) is 8.00. The van der Waals surface area contributed by atoms with Crippen LogP contribution in [0.2, 0.25) is 0 Å². The zero-order valence-corrected chi connectivity index (χ0v) is 17.3. The number of rotatable bonds is 4. The molecule has 0 saturated carbocycles. The van der Waals surface area contributed by atoms with Crippen LogP contribution in [0.3, 0.4) is 0 Å². The molecule has 0 N–H and O–H groups in total. The van der Waals surface area contributed by atoms with Crippen molar-refractivity contribution in [2.45, 2.75) is 6.54 Å². The minimum absolute atomic E-state index is 0.0918. The van der Waals surface area contributed by atoms with Gasteiger partial charge in [-0.2, -0.15) is 0 Å². The van der Waals surface area contributed by atoms with Crippen LogP contribution in [0, 0.1) is 0 Å². The third-order valence-electron chi connectivity index (χ3n) is 4.37. The van der Waals surface area contributed by atoms with Gasteiger partial charge in [-0.15, -0.1) is 22.7 Å². The van der Waals surface area contributed by atoms with Gasteiger partial charge in [-0.3, -0.25) is 9.69 Å². The van der Waals surface area contributed by atoms with E-state index in [1.807, 2.05) is 29.2 Å². The third kappa shape index (κ3) is 4.23. The van der Waals surface area contributed by atoms with Crippen LogP contribution in [-0.4, -0.2) is 46.9 Å². The number of halogens is 1. The van der Waals surface area contributed by atoms with Gasteiger partial charge in [-0.25, -0.2) is 4.98 Å². The van der Waals surface area contributed by atoms with Crippen molar-refractivity contribution in [3.05, 3.63) is 56.1 Å². The lowest BCUT2D eigenvalue weighted by atomic mass is 10.3. The van der Waals surface area contributed by atoms with Crippen molar-refractivity contribution in [1.82, 2.24) is 14.8 Å². The lowest BCUT2D eigenvalue weighted by Gasteiger charge is -2.33. The third-order valence-corrected chi connectivity index (χ3v) is 6.98. The fourth-order valence-corrected chi connectivity index (χ4v) is 5.32. The number of thiazole rings is 1. The van der Waals surface area contributed by atoms with Crippen LogP contribution < -0.4 is 0 Å². The van der Waals surface area contributed by atoms with E-state index < -0.39 is 0 Å². The highest BCUT2D eigenvalue weighted by atomic mass is 79.9. The highest BCUT2D eigenvalue weighted by Crippen LogP contribution is 2.24. The predicted molar refractivity (Wildman–Crippen MR) is 113 cm³/mol. The maximum absolute atomic E-state index is 12.4. The van der Waals surface area contributed by atoms with E-state index in [4.69, 9.17) is 4.98 Å². The number of benzene rings is 1. The van der Waals surface area contributed by atoms with Gasteiger partial charge in [0.05, 0.1) is 20.5 Å². The average Bonchev–Trinajstić information content (AvgIpc) is 3.25. The Bertz CT molecular complexity index is 908. The molecular weight excluding hydrogens is 430 g/mol. The molecule has 0 bridgehead atoms. The molecule has 2 aromatic heterocycles. The Hall–Kier alpha value is -1.54. The van der Waals surface area contributed by atoms with E-state index in [9.17, 15) is 4.79 Å². The monoisotopic (exact) mass is 447 g/mol. The number of carbonyl (C=O) groups excluding carboxylic acids is 1. The summed E-state index contributed by atoms with van der Waals surface area (Å²) in [6.45, 7) is 4.17. The van der Waals surface area contributed by atoms with Gasteiger partial charge in [0, 0.05) is 37.1 Å². The summed E-state index contributed by atoms with van der Waals surface area (Å²) in [5.74, 6) is 0.0918. The molecule has 3 heterocycles. The lowest BCUT2D eigenvalue weighted by molar-refractivity contribution is -0.127. The van der Waals surface area contributed by atoms with Gasteiger partial charge >= 0.3 is 0 Å². The molecule has 0 unspecified atom stereocenters. The smallest absolute Gasteiger partial charge is 0.246 e. The number of hydrogen-bond acceptors (Lipinski definition) is 5. The van der Waals surface area contributed by atoms with Crippen LogP contribution in [0.25, 0.3) is 16.3 Å². The Morgan fingerprint density at radius 3 is 2.65 bits per heavy atom. The predicted octanol–water partition coefficient (Wildman–Crippen LogP) is 4.48. The largest absolute Gasteiger partial charge is 0.337 e. The van der Waals surface area contributed by atoms with Crippen LogP contribution in [0.5, 0.6) is 0 Å². The Balaban J connectivity index is 1.30.